The number of carbonyl (C=O) groups excluding carboxylic acids is 2. The molecule has 25 heavy (non-hydrogen) atoms. The van der Waals surface area contributed by atoms with E-state index in [1.807, 2.05) is 4.90 Å². The van der Waals surface area contributed by atoms with Gasteiger partial charge in [-0.2, -0.15) is 0 Å². The molecule has 0 radical (unpaired) electrons. The van der Waals surface area contributed by atoms with Crippen LogP contribution in [0.2, 0.25) is 0 Å². The van der Waals surface area contributed by atoms with Gasteiger partial charge in [-0.25, -0.2) is 4.39 Å². The van der Waals surface area contributed by atoms with Crippen molar-refractivity contribution in [3.05, 3.63) is 30.1 Å². The van der Waals surface area contributed by atoms with Crippen LogP contribution < -0.4 is 4.90 Å². The largest absolute Gasteiger partial charge is 0.361 e. The first-order valence-corrected chi connectivity index (χ1v) is 9.02. The summed E-state index contributed by atoms with van der Waals surface area (Å²) in [7, 11) is 0. The van der Waals surface area contributed by atoms with Gasteiger partial charge in [0.15, 0.2) is 0 Å². The average molecular weight is 346 g/mol. The summed E-state index contributed by atoms with van der Waals surface area (Å²) in [6, 6.07) is 5.95. The first-order valence-electron chi connectivity index (χ1n) is 9.02. The molecule has 3 fully saturated rings. The molecule has 1 atom stereocenters. The zero-order valence-corrected chi connectivity index (χ0v) is 14.2. The van der Waals surface area contributed by atoms with Crippen molar-refractivity contribution in [2.24, 2.45) is 5.92 Å². The van der Waals surface area contributed by atoms with Crippen molar-refractivity contribution in [1.82, 2.24) is 4.90 Å². The molecule has 5 nitrogen and oxygen atoms in total. The van der Waals surface area contributed by atoms with E-state index in [0.29, 0.717) is 31.1 Å². The lowest BCUT2D eigenvalue weighted by Gasteiger charge is -2.47. The molecule has 0 bridgehead atoms. The fourth-order valence-electron chi connectivity index (χ4n) is 3.83. The molecule has 2 aliphatic heterocycles. The number of hydrogen-bond acceptors (Lipinski definition) is 3. The maximum atomic E-state index is 13.2. The SMILES string of the molecule is O=C(CC1CC1)N1CCCC2(C1)CN(c1ccc(F)cc1)C(=O)CO2. The minimum atomic E-state index is -0.514. The molecule has 4 rings (SSSR count). The van der Waals surface area contributed by atoms with Crippen LogP contribution in [-0.4, -0.2) is 48.6 Å². The number of carbonyl (C=O) groups is 2. The Morgan fingerprint density at radius 1 is 1.24 bits per heavy atom. The number of amides is 2. The van der Waals surface area contributed by atoms with Crippen LogP contribution in [0.25, 0.3) is 0 Å². The monoisotopic (exact) mass is 346 g/mol. The van der Waals surface area contributed by atoms with E-state index in [0.717, 1.165) is 32.2 Å². The van der Waals surface area contributed by atoms with Gasteiger partial charge in [-0.15, -0.1) is 0 Å². The Balaban J connectivity index is 1.49. The standard InChI is InChI=1S/C19H23FN2O3/c20-15-4-6-16(7-5-15)22-13-19(25-11-18(22)24)8-1-9-21(12-19)17(23)10-14-2-3-14/h4-7,14H,1-3,8-13H2. The van der Waals surface area contributed by atoms with Crippen LogP contribution in [0.1, 0.15) is 32.1 Å². The first kappa shape index (κ1) is 16.5. The number of benzene rings is 1. The fraction of sp³-hybridized carbons (Fsp3) is 0.579. The van der Waals surface area contributed by atoms with Gasteiger partial charge in [0, 0.05) is 18.7 Å². The van der Waals surface area contributed by atoms with Crippen LogP contribution in [-0.2, 0) is 14.3 Å². The molecular formula is C19H23FN2O3. The molecule has 0 N–H and O–H groups in total. The topological polar surface area (TPSA) is 49.9 Å². The molecule has 2 saturated heterocycles. The third kappa shape index (κ3) is 3.54. The average Bonchev–Trinajstić information content (AvgIpc) is 3.42. The highest BCUT2D eigenvalue weighted by molar-refractivity contribution is 5.95. The van der Waals surface area contributed by atoms with Gasteiger partial charge >= 0.3 is 0 Å². The lowest BCUT2D eigenvalue weighted by Crippen LogP contribution is -2.62. The van der Waals surface area contributed by atoms with Crippen LogP contribution in [0, 0.1) is 11.7 Å². The lowest BCUT2D eigenvalue weighted by molar-refractivity contribution is -0.153. The van der Waals surface area contributed by atoms with Crippen molar-refractivity contribution in [2.45, 2.75) is 37.7 Å². The molecule has 1 aliphatic carbocycles. The van der Waals surface area contributed by atoms with Crippen molar-refractivity contribution >= 4 is 17.5 Å². The zero-order chi connectivity index (χ0) is 17.4. The highest BCUT2D eigenvalue weighted by Crippen LogP contribution is 2.35. The minimum Gasteiger partial charge on any atom is -0.361 e. The molecule has 0 aromatic heterocycles. The number of morpholine rings is 1. The normalized spacial score (nSPS) is 27.0. The Bertz CT molecular complexity index is 674. The highest BCUT2D eigenvalue weighted by Gasteiger charge is 2.44. The van der Waals surface area contributed by atoms with Gasteiger partial charge < -0.3 is 14.5 Å². The predicted molar refractivity (Wildman–Crippen MR) is 90.6 cm³/mol. The zero-order valence-electron chi connectivity index (χ0n) is 14.2. The Morgan fingerprint density at radius 2 is 2.00 bits per heavy atom. The Hall–Kier alpha value is -1.95. The Labute approximate surface area is 146 Å². The third-order valence-corrected chi connectivity index (χ3v) is 5.44. The number of halogens is 1. The summed E-state index contributed by atoms with van der Waals surface area (Å²) in [6.07, 6.45) is 4.66. The van der Waals surface area contributed by atoms with Crippen molar-refractivity contribution in [3.63, 3.8) is 0 Å². The van der Waals surface area contributed by atoms with Gasteiger partial charge in [0.1, 0.15) is 18.0 Å². The van der Waals surface area contributed by atoms with Gasteiger partial charge in [0.05, 0.1) is 13.1 Å². The van der Waals surface area contributed by atoms with Crippen molar-refractivity contribution in [3.8, 4) is 0 Å². The summed E-state index contributed by atoms with van der Waals surface area (Å²) in [5.41, 5.74) is 0.162. The van der Waals surface area contributed by atoms with Crippen LogP contribution >= 0.6 is 0 Å². The lowest BCUT2D eigenvalue weighted by atomic mass is 9.90. The summed E-state index contributed by atoms with van der Waals surface area (Å²) in [5.74, 6) is 0.317. The van der Waals surface area contributed by atoms with E-state index >= 15 is 0 Å². The van der Waals surface area contributed by atoms with E-state index in [1.54, 1.807) is 17.0 Å². The van der Waals surface area contributed by atoms with Gasteiger partial charge in [-0.05, 0) is 55.9 Å². The number of likely N-dealkylation sites (tertiary alicyclic amines) is 1. The summed E-state index contributed by atoms with van der Waals surface area (Å²) in [6.45, 7) is 1.71. The number of piperidine rings is 1. The van der Waals surface area contributed by atoms with Crippen molar-refractivity contribution < 1.29 is 18.7 Å². The molecule has 1 aromatic rings. The van der Waals surface area contributed by atoms with Gasteiger partial charge in [-0.3, -0.25) is 9.59 Å². The van der Waals surface area contributed by atoms with Gasteiger partial charge in [0.2, 0.25) is 5.91 Å². The second kappa shape index (κ2) is 6.41. The summed E-state index contributed by atoms with van der Waals surface area (Å²) in [5, 5.41) is 0. The molecule has 2 heterocycles. The second-order valence-electron chi connectivity index (χ2n) is 7.49. The molecule has 1 spiro atoms. The number of hydrogen-bond donors (Lipinski definition) is 0. The molecular weight excluding hydrogens is 323 g/mol. The number of anilines is 1. The van der Waals surface area contributed by atoms with Gasteiger partial charge in [0.25, 0.3) is 5.91 Å². The maximum absolute atomic E-state index is 13.2. The molecule has 3 aliphatic rings. The minimum absolute atomic E-state index is 0.00202. The fourth-order valence-corrected chi connectivity index (χ4v) is 3.83. The smallest absolute Gasteiger partial charge is 0.253 e. The molecule has 1 saturated carbocycles. The number of rotatable bonds is 3. The third-order valence-electron chi connectivity index (χ3n) is 5.44. The molecule has 1 unspecified atom stereocenters. The van der Waals surface area contributed by atoms with E-state index < -0.39 is 5.60 Å². The molecule has 6 heteroatoms. The Kier molecular flexibility index (Phi) is 4.23. The van der Waals surface area contributed by atoms with E-state index in [4.69, 9.17) is 4.74 Å². The van der Waals surface area contributed by atoms with Crippen molar-refractivity contribution in [1.29, 1.82) is 0 Å². The van der Waals surface area contributed by atoms with Crippen LogP contribution in [0.3, 0.4) is 0 Å². The number of ether oxygens (including phenoxy) is 1. The van der Waals surface area contributed by atoms with Crippen LogP contribution in [0.15, 0.2) is 24.3 Å². The van der Waals surface area contributed by atoms with E-state index in [9.17, 15) is 14.0 Å². The summed E-state index contributed by atoms with van der Waals surface area (Å²) >= 11 is 0. The van der Waals surface area contributed by atoms with E-state index in [-0.39, 0.29) is 24.2 Å². The summed E-state index contributed by atoms with van der Waals surface area (Å²) in [4.78, 5) is 28.3. The first-order chi connectivity index (χ1) is 12.0. The quantitative estimate of drug-likeness (QED) is 0.844. The highest BCUT2D eigenvalue weighted by atomic mass is 19.1. The molecule has 1 aromatic carbocycles. The van der Waals surface area contributed by atoms with E-state index in [2.05, 4.69) is 0 Å². The Morgan fingerprint density at radius 3 is 2.72 bits per heavy atom. The van der Waals surface area contributed by atoms with Crippen LogP contribution in [0.5, 0.6) is 0 Å². The summed E-state index contributed by atoms with van der Waals surface area (Å²) < 4.78 is 19.1. The second-order valence-corrected chi connectivity index (χ2v) is 7.49. The van der Waals surface area contributed by atoms with Crippen LogP contribution in [0.4, 0.5) is 10.1 Å². The van der Waals surface area contributed by atoms with Crippen molar-refractivity contribution in [2.75, 3.05) is 31.1 Å². The molecule has 134 valence electrons. The van der Waals surface area contributed by atoms with Gasteiger partial charge in [-0.1, -0.05) is 0 Å². The predicted octanol–water partition coefficient (Wildman–Crippen LogP) is 2.35. The van der Waals surface area contributed by atoms with E-state index in [1.165, 1.54) is 12.1 Å². The number of nitrogens with zero attached hydrogens (tertiary/aromatic N) is 2. The molecule has 2 amide bonds. The maximum Gasteiger partial charge on any atom is 0.253 e.